The van der Waals surface area contributed by atoms with Gasteiger partial charge in [-0.1, -0.05) is 48.0 Å². The summed E-state index contributed by atoms with van der Waals surface area (Å²) in [7, 11) is 0. The van der Waals surface area contributed by atoms with Crippen LogP contribution in [0.25, 0.3) is 16.7 Å². The number of carbonyl (C=O) groups is 1. The number of anilines is 1. The van der Waals surface area contributed by atoms with Crippen LogP contribution in [0.3, 0.4) is 0 Å². The molecular formula is C27H26Cl2F4N4O3. The maximum absolute atomic E-state index is 14.4. The second-order valence-corrected chi connectivity index (χ2v) is 9.67. The SMILES string of the molecule is Cl.Nc1nc(OC(c2cc(F)c(Cl)cc2-c2ccccc2)C(F)(F)F)cc(C2=CCC(CC(N)C(=O)O)CC2)n1. The number of hydrogen-bond acceptors (Lipinski definition) is 6. The molecule has 3 unspecified atom stereocenters. The molecule has 0 radical (unpaired) electrons. The van der Waals surface area contributed by atoms with Crippen LogP contribution in [0.15, 0.2) is 54.6 Å². The van der Waals surface area contributed by atoms with E-state index in [1.54, 1.807) is 30.3 Å². The normalized spacial score (nSPS) is 16.9. The standard InChI is InChI=1S/C27H25ClF4N4O3.ClH/c28-19-11-17(15-4-2-1-3-5-15)18(12-20(19)29)24(27(30,31)32)39-23-13-22(35-26(34)36-23)16-8-6-14(7-9-16)10-21(33)25(37)38;/h1-5,8,11-14,21,24H,6-7,9-10,33H2,(H,37,38)(H2,34,35,36);1H. The average molecular weight is 601 g/mol. The number of ether oxygens (including phenoxy) is 1. The molecule has 5 N–H and O–H groups in total. The number of nitrogens with zero attached hydrogens (tertiary/aromatic N) is 2. The van der Waals surface area contributed by atoms with E-state index in [4.69, 9.17) is 32.9 Å². The summed E-state index contributed by atoms with van der Waals surface area (Å²) in [6.45, 7) is 0. The second kappa shape index (κ2) is 12.8. The van der Waals surface area contributed by atoms with Crippen molar-refractivity contribution in [1.29, 1.82) is 0 Å². The van der Waals surface area contributed by atoms with Crippen LogP contribution in [-0.4, -0.2) is 33.3 Å². The van der Waals surface area contributed by atoms with E-state index in [0.29, 0.717) is 42.9 Å². The van der Waals surface area contributed by atoms with Crippen LogP contribution >= 0.6 is 24.0 Å². The number of benzene rings is 2. The lowest BCUT2D eigenvalue weighted by molar-refractivity contribution is -0.198. The van der Waals surface area contributed by atoms with Gasteiger partial charge in [-0.25, -0.2) is 9.37 Å². The molecule has 2 aromatic carbocycles. The minimum atomic E-state index is -4.95. The molecular weight excluding hydrogens is 575 g/mol. The Bertz CT molecular complexity index is 1390. The molecule has 0 fully saturated rings. The summed E-state index contributed by atoms with van der Waals surface area (Å²) >= 11 is 5.92. The van der Waals surface area contributed by atoms with E-state index < -0.39 is 41.6 Å². The van der Waals surface area contributed by atoms with Gasteiger partial charge in [-0.15, -0.1) is 12.4 Å². The number of carboxylic acids is 1. The Kier molecular flexibility index (Phi) is 9.99. The van der Waals surface area contributed by atoms with Crippen LogP contribution in [0, 0.1) is 11.7 Å². The highest BCUT2D eigenvalue weighted by molar-refractivity contribution is 6.31. The predicted molar refractivity (Wildman–Crippen MR) is 146 cm³/mol. The largest absolute Gasteiger partial charge is 0.480 e. The number of aromatic nitrogens is 2. The van der Waals surface area contributed by atoms with Gasteiger partial charge in [0.25, 0.3) is 0 Å². The van der Waals surface area contributed by atoms with E-state index in [-0.39, 0.29) is 40.6 Å². The van der Waals surface area contributed by atoms with Gasteiger partial charge in [0.15, 0.2) is 0 Å². The predicted octanol–water partition coefficient (Wildman–Crippen LogP) is 6.61. The molecule has 0 spiro atoms. The lowest BCUT2D eigenvalue weighted by Gasteiger charge is -2.25. The van der Waals surface area contributed by atoms with Gasteiger partial charge in [-0.05, 0) is 60.4 Å². The zero-order valence-corrected chi connectivity index (χ0v) is 22.4. The van der Waals surface area contributed by atoms with E-state index in [1.807, 2.05) is 6.08 Å². The minimum absolute atomic E-state index is 0. The number of alkyl halides is 3. The molecule has 3 atom stereocenters. The quantitative estimate of drug-likeness (QED) is 0.248. The number of nitrogen functional groups attached to an aromatic ring is 1. The molecule has 1 aliphatic carbocycles. The number of allylic oxidation sites excluding steroid dienone is 2. The minimum Gasteiger partial charge on any atom is -0.480 e. The number of nitrogens with two attached hydrogens (primary N) is 2. The molecule has 13 heteroatoms. The van der Waals surface area contributed by atoms with Crippen molar-refractivity contribution in [2.45, 2.75) is 44.0 Å². The third kappa shape index (κ3) is 7.41. The Morgan fingerprint density at radius 3 is 2.48 bits per heavy atom. The first-order valence-corrected chi connectivity index (χ1v) is 12.4. The van der Waals surface area contributed by atoms with E-state index in [1.165, 1.54) is 6.07 Å². The summed E-state index contributed by atoms with van der Waals surface area (Å²) in [5.74, 6) is -2.81. The van der Waals surface area contributed by atoms with Gasteiger partial charge in [0, 0.05) is 11.6 Å². The molecule has 0 bridgehead atoms. The Morgan fingerprint density at radius 2 is 1.88 bits per heavy atom. The summed E-state index contributed by atoms with van der Waals surface area (Å²) in [6.07, 6.45) is -3.80. The molecule has 1 aromatic heterocycles. The van der Waals surface area contributed by atoms with Crippen LogP contribution in [-0.2, 0) is 4.79 Å². The van der Waals surface area contributed by atoms with Crippen LogP contribution in [0.2, 0.25) is 5.02 Å². The molecule has 7 nitrogen and oxygen atoms in total. The fraction of sp³-hybridized carbons (Fsp3) is 0.296. The molecule has 1 heterocycles. The molecule has 0 saturated carbocycles. The van der Waals surface area contributed by atoms with Crippen LogP contribution in [0.1, 0.15) is 43.0 Å². The Labute approximate surface area is 238 Å². The summed E-state index contributed by atoms with van der Waals surface area (Å²) in [4.78, 5) is 19.0. The maximum atomic E-state index is 14.4. The molecule has 1 aliphatic rings. The highest BCUT2D eigenvalue weighted by atomic mass is 35.5. The van der Waals surface area contributed by atoms with Crippen molar-refractivity contribution >= 4 is 41.5 Å². The van der Waals surface area contributed by atoms with Gasteiger partial charge < -0.3 is 21.3 Å². The summed E-state index contributed by atoms with van der Waals surface area (Å²) < 4.78 is 62.9. The van der Waals surface area contributed by atoms with Crippen molar-refractivity contribution in [3.8, 4) is 17.0 Å². The topological polar surface area (TPSA) is 124 Å². The van der Waals surface area contributed by atoms with E-state index in [0.717, 1.165) is 6.07 Å². The van der Waals surface area contributed by atoms with Crippen molar-refractivity contribution in [2.24, 2.45) is 11.7 Å². The van der Waals surface area contributed by atoms with Crippen molar-refractivity contribution in [3.05, 3.63) is 76.7 Å². The fourth-order valence-corrected chi connectivity index (χ4v) is 4.70. The Hall–Kier alpha value is -3.41. The first-order chi connectivity index (χ1) is 18.4. The number of hydrogen-bond donors (Lipinski definition) is 3. The molecule has 4 rings (SSSR count). The van der Waals surface area contributed by atoms with Crippen molar-refractivity contribution in [3.63, 3.8) is 0 Å². The van der Waals surface area contributed by atoms with Crippen LogP contribution in [0.4, 0.5) is 23.5 Å². The average Bonchev–Trinajstić information content (AvgIpc) is 2.88. The van der Waals surface area contributed by atoms with E-state index in [2.05, 4.69) is 9.97 Å². The van der Waals surface area contributed by atoms with Crippen LogP contribution in [0.5, 0.6) is 5.88 Å². The zero-order valence-electron chi connectivity index (χ0n) is 20.9. The van der Waals surface area contributed by atoms with Gasteiger partial charge >= 0.3 is 12.1 Å². The fourth-order valence-electron chi connectivity index (χ4n) is 4.54. The Morgan fingerprint density at radius 1 is 1.18 bits per heavy atom. The van der Waals surface area contributed by atoms with Gasteiger partial charge in [0.2, 0.25) is 17.9 Å². The summed E-state index contributed by atoms with van der Waals surface area (Å²) in [5.41, 5.74) is 12.4. The molecule has 3 aromatic rings. The number of aliphatic carboxylic acids is 1. The molecule has 214 valence electrons. The molecule has 0 amide bonds. The number of carboxylic acid groups (broad SMARTS) is 1. The van der Waals surface area contributed by atoms with Crippen LogP contribution < -0.4 is 16.2 Å². The molecule has 0 saturated heterocycles. The lowest BCUT2D eigenvalue weighted by Crippen LogP contribution is -2.32. The third-order valence-corrected chi connectivity index (χ3v) is 6.76. The lowest BCUT2D eigenvalue weighted by atomic mass is 9.84. The van der Waals surface area contributed by atoms with Gasteiger partial charge in [-0.3, -0.25) is 4.79 Å². The first kappa shape index (κ1) is 31.1. The van der Waals surface area contributed by atoms with Crippen molar-refractivity contribution < 1.29 is 32.2 Å². The highest BCUT2D eigenvalue weighted by Gasteiger charge is 2.45. The first-order valence-electron chi connectivity index (χ1n) is 12.0. The van der Waals surface area contributed by atoms with Gasteiger partial charge in [0.05, 0.1) is 10.7 Å². The molecule has 0 aliphatic heterocycles. The van der Waals surface area contributed by atoms with Crippen molar-refractivity contribution in [1.82, 2.24) is 9.97 Å². The van der Waals surface area contributed by atoms with Gasteiger partial charge in [0.1, 0.15) is 11.9 Å². The Balaban J connectivity index is 0.00000441. The number of halogens is 6. The second-order valence-electron chi connectivity index (χ2n) is 9.26. The highest BCUT2D eigenvalue weighted by Crippen LogP contribution is 2.43. The summed E-state index contributed by atoms with van der Waals surface area (Å²) in [5, 5.41) is 8.70. The van der Waals surface area contributed by atoms with E-state index >= 15 is 0 Å². The number of rotatable bonds is 8. The van der Waals surface area contributed by atoms with Gasteiger partial charge in [-0.2, -0.15) is 18.2 Å². The van der Waals surface area contributed by atoms with Crippen molar-refractivity contribution in [2.75, 3.05) is 5.73 Å². The molecule has 40 heavy (non-hydrogen) atoms. The van der Waals surface area contributed by atoms with E-state index in [9.17, 15) is 22.4 Å². The third-order valence-electron chi connectivity index (χ3n) is 6.47. The summed E-state index contributed by atoms with van der Waals surface area (Å²) in [6, 6.07) is 10.2. The smallest absolute Gasteiger partial charge is 0.429 e. The monoisotopic (exact) mass is 600 g/mol. The zero-order chi connectivity index (χ0) is 28.3. The maximum Gasteiger partial charge on any atom is 0.429 e.